The van der Waals surface area contributed by atoms with E-state index in [1.165, 1.54) is 12.8 Å². The molecule has 0 aliphatic heterocycles. The number of ketones is 1. The van der Waals surface area contributed by atoms with Crippen LogP contribution in [0.1, 0.15) is 45.4 Å². The van der Waals surface area contributed by atoms with E-state index in [1.807, 2.05) is 12.2 Å². The Bertz CT molecular complexity index is 168. The number of carbonyl (C=O) groups excluding carboxylic acids is 1. The van der Waals surface area contributed by atoms with Gasteiger partial charge >= 0.3 is 0 Å². The van der Waals surface area contributed by atoms with Gasteiger partial charge in [0.05, 0.1) is 0 Å². The quantitative estimate of drug-likeness (QED) is 0.411. The summed E-state index contributed by atoms with van der Waals surface area (Å²) < 4.78 is 0. The van der Waals surface area contributed by atoms with E-state index in [0.29, 0.717) is 12.2 Å². The van der Waals surface area contributed by atoms with E-state index < -0.39 is 0 Å². The molecule has 0 rings (SSSR count). The fourth-order valence-corrected chi connectivity index (χ4v) is 1.13. The summed E-state index contributed by atoms with van der Waals surface area (Å²) in [5.74, 6) is 0.391. The largest absolute Gasteiger partial charge is 0.300 e. The molecule has 0 saturated carbocycles. The predicted molar refractivity (Wildman–Crippen MR) is 57.7 cm³/mol. The van der Waals surface area contributed by atoms with Crippen LogP contribution in [0.25, 0.3) is 0 Å². The Morgan fingerprint density at radius 2 is 2.08 bits per heavy atom. The van der Waals surface area contributed by atoms with Gasteiger partial charge in [-0.1, -0.05) is 44.6 Å². The summed E-state index contributed by atoms with van der Waals surface area (Å²) in [6.07, 6.45) is 11.3. The van der Waals surface area contributed by atoms with Crippen molar-refractivity contribution >= 4 is 5.78 Å². The summed E-state index contributed by atoms with van der Waals surface area (Å²) in [5, 5.41) is 0. The molecule has 0 heterocycles. The van der Waals surface area contributed by atoms with Gasteiger partial charge in [0.15, 0.2) is 0 Å². The molecule has 1 nitrogen and oxygen atoms in total. The molecule has 0 unspecified atom stereocenters. The number of rotatable bonds is 8. The highest BCUT2D eigenvalue weighted by Gasteiger charge is 1.98. The van der Waals surface area contributed by atoms with E-state index in [1.54, 1.807) is 6.08 Å². The number of hydrogen-bond acceptors (Lipinski definition) is 1. The second-order valence-corrected chi connectivity index (χ2v) is 3.20. The minimum atomic E-state index is 0.391. The first kappa shape index (κ1) is 12.2. The summed E-state index contributed by atoms with van der Waals surface area (Å²) in [4.78, 5) is 11.2. The highest BCUT2D eigenvalue weighted by Crippen LogP contribution is 2.03. The Balaban J connectivity index is 3.29. The van der Waals surface area contributed by atoms with Crippen LogP contribution in [0.5, 0.6) is 0 Å². The molecule has 0 aromatic rings. The monoisotopic (exact) mass is 180 g/mol. The van der Waals surface area contributed by atoms with Gasteiger partial charge in [0.1, 0.15) is 5.78 Å². The van der Waals surface area contributed by atoms with Crippen molar-refractivity contribution < 1.29 is 4.79 Å². The average molecular weight is 180 g/mol. The van der Waals surface area contributed by atoms with Crippen molar-refractivity contribution in [1.29, 1.82) is 0 Å². The van der Waals surface area contributed by atoms with E-state index in [2.05, 4.69) is 13.5 Å². The van der Waals surface area contributed by atoms with E-state index in [0.717, 1.165) is 19.3 Å². The Hall–Kier alpha value is -0.850. The Morgan fingerprint density at radius 3 is 2.69 bits per heavy atom. The summed E-state index contributed by atoms with van der Waals surface area (Å²) >= 11 is 0. The maximum atomic E-state index is 11.2. The molecular formula is C12H20O. The van der Waals surface area contributed by atoms with Crippen molar-refractivity contribution in [3.63, 3.8) is 0 Å². The zero-order valence-electron chi connectivity index (χ0n) is 8.59. The third-order valence-electron chi connectivity index (χ3n) is 1.92. The van der Waals surface area contributed by atoms with Crippen LogP contribution in [-0.4, -0.2) is 5.78 Å². The minimum absolute atomic E-state index is 0.391. The summed E-state index contributed by atoms with van der Waals surface area (Å²) in [6, 6.07) is 0. The summed E-state index contributed by atoms with van der Waals surface area (Å²) in [6.45, 7) is 5.72. The van der Waals surface area contributed by atoms with Crippen molar-refractivity contribution in [3.8, 4) is 0 Å². The molecule has 13 heavy (non-hydrogen) atoms. The van der Waals surface area contributed by atoms with Gasteiger partial charge in [0.2, 0.25) is 0 Å². The molecule has 0 saturated heterocycles. The van der Waals surface area contributed by atoms with Crippen molar-refractivity contribution in [1.82, 2.24) is 0 Å². The smallest absolute Gasteiger partial charge is 0.133 e. The van der Waals surface area contributed by atoms with Gasteiger partial charge in [0.25, 0.3) is 0 Å². The first-order valence-electron chi connectivity index (χ1n) is 5.10. The molecule has 0 aliphatic rings. The van der Waals surface area contributed by atoms with Crippen LogP contribution >= 0.6 is 0 Å². The van der Waals surface area contributed by atoms with Gasteiger partial charge in [-0.2, -0.15) is 0 Å². The fraction of sp³-hybridized carbons (Fsp3) is 0.583. The molecule has 0 amide bonds. The first-order valence-corrected chi connectivity index (χ1v) is 5.10. The number of hydrogen-bond donors (Lipinski definition) is 0. The van der Waals surface area contributed by atoms with E-state index in [-0.39, 0.29) is 0 Å². The molecular weight excluding hydrogens is 160 g/mol. The third-order valence-corrected chi connectivity index (χ3v) is 1.92. The Morgan fingerprint density at radius 1 is 1.31 bits per heavy atom. The molecule has 0 atom stereocenters. The topological polar surface area (TPSA) is 17.1 Å². The van der Waals surface area contributed by atoms with Crippen molar-refractivity contribution in [2.45, 2.75) is 45.4 Å². The summed E-state index contributed by atoms with van der Waals surface area (Å²) in [5.41, 5.74) is 0. The SMILES string of the molecule is C=C/C=C\CCC(=O)CCCCC. The zero-order valence-corrected chi connectivity index (χ0v) is 8.59. The van der Waals surface area contributed by atoms with E-state index in [9.17, 15) is 4.79 Å². The predicted octanol–water partition coefficient (Wildman–Crippen LogP) is 3.66. The van der Waals surface area contributed by atoms with Crippen LogP contribution in [0, 0.1) is 0 Å². The lowest BCUT2D eigenvalue weighted by Crippen LogP contribution is -1.96. The van der Waals surface area contributed by atoms with Gasteiger partial charge in [-0.25, -0.2) is 0 Å². The van der Waals surface area contributed by atoms with Gasteiger partial charge in [-0.3, -0.25) is 4.79 Å². The number of Topliss-reactive ketones (excluding diaryl/α,β-unsaturated/α-hetero) is 1. The molecule has 0 spiro atoms. The lowest BCUT2D eigenvalue weighted by Gasteiger charge is -1.96. The second kappa shape index (κ2) is 9.24. The normalized spacial score (nSPS) is 10.5. The van der Waals surface area contributed by atoms with Crippen molar-refractivity contribution in [2.75, 3.05) is 0 Å². The molecule has 0 aromatic carbocycles. The minimum Gasteiger partial charge on any atom is -0.300 e. The molecule has 74 valence electrons. The lowest BCUT2D eigenvalue weighted by molar-refractivity contribution is -0.119. The van der Waals surface area contributed by atoms with Gasteiger partial charge in [0, 0.05) is 12.8 Å². The zero-order chi connectivity index (χ0) is 9.94. The van der Waals surface area contributed by atoms with E-state index >= 15 is 0 Å². The molecule has 0 aromatic heterocycles. The maximum absolute atomic E-state index is 11.2. The average Bonchev–Trinajstić information content (AvgIpc) is 2.13. The van der Waals surface area contributed by atoms with Crippen LogP contribution in [0.4, 0.5) is 0 Å². The second-order valence-electron chi connectivity index (χ2n) is 3.20. The number of carbonyl (C=O) groups is 1. The van der Waals surface area contributed by atoms with Gasteiger partial charge in [-0.15, -0.1) is 0 Å². The van der Waals surface area contributed by atoms with Gasteiger partial charge in [-0.05, 0) is 12.8 Å². The lowest BCUT2D eigenvalue weighted by atomic mass is 10.1. The van der Waals surface area contributed by atoms with Crippen LogP contribution in [0.15, 0.2) is 24.8 Å². The highest BCUT2D eigenvalue weighted by molar-refractivity contribution is 5.78. The highest BCUT2D eigenvalue weighted by atomic mass is 16.1. The van der Waals surface area contributed by atoms with Crippen LogP contribution in [-0.2, 0) is 4.79 Å². The van der Waals surface area contributed by atoms with Crippen molar-refractivity contribution in [3.05, 3.63) is 24.8 Å². The Kier molecular flexibility index (Phi) is 8.64. The molecule has 0 bridgehead atoms. The van der Waals surface area contributed by atoms with Crippen LogP contribution < -0.4 is 0 Å². The summed E-state index contributed by atoms with van der Waals surface area (Å²) in [7, 11) is 0. The third kappa shape index (κ3) is 9.06. The first-order chi connectivity index (χ1) is 6.31. The van der Waals surface area contributed by atoms with E-state index in [4.69, 9.17) is 0 Å². The fourth-order valence-electron chi connectivity index (χ4n) is 1.13. The number of unbranched alkanes of at least 4 members (excludes halogenated alkanes) is 2. The molecule has 0 radical (unpaired) electrons. The molecule has 0 aliphatic carbocycles. The van der Waals surface area contributed by atoms with Gasteiger partial charge < -0.3 is 0 Å². The van der Waals surface area contributed by atoms with Crippen molar-refractivity contribution in [2.24, 2.45) is 0 Å². The molecule has 1 heteroatoms. The maximum Gasteiger partial charge on any atom is 0.133 e. The molecule has 0 fully saturated rings. The van der Waals surface area contributed by atoms with Crippen LogP contribution in [0.3, 0.4) is 0 Å². The standard InChI is InChI=1S/C12H20O/c1-3-5-7-9-11-12(13)10-8-6-4-2/h3,5,7H,1,4,6,8-11H2,2H3/b7-5-. The molecule has 0 N–H and O–H groups in total. The van der Waals surface area contributed by atoms with Crippen LogP contribution in [0.2, 0.25) is 0 Å². The number of allylic oxidation sites excluding steroid dienone is 3. The Labute approximate surface area is 81.5 Å².